The molecule has 138 valence electrons. The molecule has 0 aliphatic heterocycles. The summed E-state index contributed by atoms with van der Waals surface area (Å²) in [5.74, 6) is 0.182. The summed E-state index contributed by atoms with van der Waals surface area (Å²) in [5, 5.41) is 0. The normalized spacial score (nSPS) is 25.0. The van der Waals surface area contributed by atoms with Crippen LogP contribution in [0.5, 0.6) is 0 Å². The zero-order chi connectivity index (χ0) is 18.2. The van der Waals surface area contributed by atoms with E-state index in [4.69, 9.17) is 5.73 Å². The molecule has 3 rings (SSSR count). The van der Waals surface area contributed by atoms with Crippen LogP contribution in [0.1, 0.15) is 56.2 Å². The van der Waals surface area contributed by atoms with Crippen molar-refractivity contribution < 1.29 is 18.0 Å². The first-order chi connectivity index (χ1) is 11.8. The molecule has 6 heteroatoms. The van der Waals surface area contributed by atoms with Gasteiger partial charge in [-0.25, -0.2) is 0 Å². The first-order valence-electron chi connectivity index (χ1n) is 9.02. The number of benzene rings is 1. The molecule has 1 unspecified atom stereocenters. The van der Waals surface area contributed by atoms with E-state index in [1.807, 2.05) is 11.8 Å². The number of carbonyl (C=O) groups excluding carboxylic acids is 1. The molecule has 2 aliphatic rings. The van der Waals surface area contributed by atoms with E-state index >= 15 is 0 Å². The summed E-state index contributed by atoms with van der Waals surface area (Å²) in [4.78, 5) is 15.0. The summed E-state index contributed by atoms with van der Waals surface area (Å²) >= 11 is 0. The van der Waals surface area contributed by atoms with E-state index in [9.17, 15) is 18.0 Å². The molecule has 0 bridgehead atoms. The summed E-state index contributed by atoms with van der Waals surface area (Å²) in [7, 11) is 0. The Balaban J connectivity index is 1.85. The van der Waals surface area contributed by atoms with Gasteiger partial charge in [0.15, 0.2) is 0 Å². The molecular weight excluding hydrogens is 329 g/mol. The molecule has 2 N–H and O–H groups in total. The lowest BCUT2D eigenvalue weighted by Gasteiger charge is -2.34. The van der Waals surface area contributed by atoms with Crippen LogP contribution in [0, 0.1) is 11.8 Å². The van der Waals surface area contributed by atoms with Crippen molar-refractivity contribution in [3.8, 4) is 0 Å². The molecule has 0 radical (unpaired) electrons. The Morgan fingerprint density at radius 3 is 2.60 bits per heavy atom. The molecule has 3 atom stereocenters. The highest BCUT2D eigenvalue weighted by Gasteiger charge is 2.42. The lowest BCUT2D eigenvalue weighted by molar-refractivity contribution is -0.139. The van der Waals surface area contributed by atoms with Gasteiger partial charge in [-0.05, 0) is 62.8 Å². The molecule has 1 aromatic rings. The number of alkyl halides is 3. The Hall–Kier alpha value is -1.56. The minimum Gasteiger partial charge on any atom is -0.333 e. The predicted octanol–water partition coefficient (Wildman–Crippen LogP) is 4.13. The first-order valence-corrected chi connectivity index (χ1v) is 9.02. The lowest BCUT2D eigenvalue weighted by atomic mass is 9.93. The van der Waals surface area contributed by atoms with Crippen molar-refractivity contribution in [3.05, 3.63) is 35.4 Å². The minimum absolute atomic E-state index is 0.0698. The fourth-order valence-electron chi connectivity index (χ4n) is 4.01. The zero-order valence-electron chi connectivity index (χ0n) is 14.4. The number of hydrogen-bond acceptors (Lipinski definition) is 2. The van der Waals surface area contributed by atoms with Crippen LogP contribution in [-0.2, 0) is 11.0 Å². The maximum Gasteiger partial charge on any atom is 0.416 e. The van der Waals surface area contributed by atoms with Gasteiger partial charge in [-0.2, -0.15) is 13.2 Å². The van der Waals surface area contributed by atoms with Crippen molar-refractivity contribution in [1.29, 1.82) is 0 Å². The predicted molar refractivity (Wildman–Crippen MR) is 89.6 cm³/mol. The second kappa shape index (κ2) is 6.98. The molecule has 1 aromatic carbocycles. The third-order valence-corrected chi connectivity index (χ3v) is 5.59. The van der Waals surface area contributed by atoms with E-state index in [0.29, 0.717) is 12.1 Å². The highest BCUT2D eigenvalue weighted by molar-refractivity contribution is 5.80. The van der Waals surface area contributed by atoms with Crippen LogP contribution in [-0.4, -0.2) is 23.4 Å². The van der Waals surface area contributed by atoms with Crippen molar-refractivity contribution in [3.63, 3.8) is 0 Å². The van der Waals surface area contributed by atoms with E-state index in [1.165, 1.54) is 12.1 Å². The van der Waals surface area contributed by atoms with Gasteiger partial charge in [-0.15, -0.1) is 0 Å². The van der Waals surface area contributed by atoms with Gasteiger partial charge in [0.1, 0.15) is 0 Å². The third kappa shape index (κ3) is 3.84. The number of halogens is 3. The van der Waals surface area contributed by atoms with E-state index in [2.05, 4.69) is 0 Å². The molecule has 0 saturated heterocycles. The van der Waals surface area contributed by atoms with Gasteiger partial charge in [0.05, 0.1) is 11.6 Å². The van der Waals surface area contributed by atoms with Crippen LogP contribution in [0.15, 0.2) is 24.3 Å². The van der Waals surface area contributed by atoms with Crippen LogP contribution in [0.25, 0.3) is 0 Å². The molecule has 3 nitrogen and oxygen atoms in total. The van der Waals surface area contributed by atoms with Crippen LogP contribution in [0.4, 0.5) is 13.2 Å². The fraction of sp³-hybridized carbons (Fsp3) is 0.632. The van der Waals surface area contributed by atoms with Gasteiger partial charge < -0.3 is 10.6 Å². The van der Waals surface area contributed by atoms with Gasteiger partial charge in [0, 0.05) is 12.0 Å². The first kappa shape index (κ1) is 18.2. The number of amides is 1. The highest BCUT2D eigenvalue weighted by atomic mass is 19.4. The minimum atomic E-state index is -4.37. The van der Waals surface area contributed by atoms with E-state index in [0.717, 1.165) is 38.2 Å². The Labute approximate surface area is 146 Å². The standard InChI is InChI=1S/C19H25F3N2O/c1-12(13-4-2-6-15(10-13)19(20,21)22)24(16-8-9-16)18(25)17-7-3-5-14(17)11-23/h2,4,6,10,12,14,16-17H,3,5,7-9,11,23H2,1H3/t12?,14-,17-/m1/s1. The molecule has 2 aliphatic carbocycles. The fourth-order valence-corrected chi connectivity index (χ4v) is 4.01. The number of nitrogens with zero attached hydrogens (tertiary/aromatic N) is 1. The Morgan fingerprint density at radius 2 is 2.00 bits per heavy atom. The molecule has 1 amide bonds. The Kier molecular flexibility index (Phi) is 5.09. The maximum atomic E-state index is 13.1. The van der Waals surface area contributed by atoms with Gasteiger partial charge in [-0.3, -0.25) is 4.79 Å². The summed E-state index contributed by atoms with van der Waals surface area (Å²) in [5.41, 5.74) is 5.69. The van der Waals surface area contributed by atoms with Gasteiger partial charge in [0.2, 0.25) is 5.91 Å². The number of rotatable bonds is 5. The van der Waals surface area contributed by atoms with Crippen LogP contribution < -0.4 is 5.73 Å². The average Bonchev–Trinajstić information content (AvgIpc) is 3.29. The van der Waals surface area contributed by atoms with Crippen molar-refractivity contribution in [1.82, 2.24) is 4.90 Å². The van der Waals surface area contributed by atoms with Gasteiger partial charge in [-0.1, -0.05) is 18.6 Å². The van der Waals surface area contributed by atoms with Crippen molar-refractivity contribution in [2.75, 3.05) is 6.54 Å². The largest absolute Gasteiger partial charge is 0.416 e. The maximum absolute atomic E-state index is 13.1. The molecule has 0 aromatic heterocycles. The topological polar surface area (TPSA) is 46.3 Å². The van der Waals surface area contributed by atoms with Gasteiger partial charge in [0.25, 0.3) is 0 Å². The SMILES string of the molecule is CC(c1cccc(C(F)(F)F)c1)N(C(=O)[C@@H]1CCC[C@@H]1CN)C1CC1. The monoisotopic (exact) mass is 354 g/mol. The Morgan fingerprint density at radius 1 is 1.28 bits per heavy atom. The summed E-state index contributed by atoms with van der Waals surface area (Å²) < 4.78 is 39.0. The number of carbonyl (C=O) groups is 1. The number of hydrogen-bond donors (Lipinski definition) is 1. The summed E-state index contributed by atoms with van der Waals surface area (Å²) in [6.07, 6.45) is 0.266. The molecular formula is C19H25F3N2O. The van der Waals surface area contributed by atoms with Crippen molar-refractivity contribution in [2.24, 2.45) is 17.6 Å². The average molecular weight is 354 g/mol. The Bertz CT molecular complexity index is 627. The summed E-state index contributed by atoms with van der Waals surface area (Å²) in [6, 6.07) is 5.13. The second-order valence-electron chi connectivity index (χ2n) is 7.31. The quantitative estimate of drug-likeness (QED) is 0.864. The van der Waals surface area contributed by atoms with Crippen molar-refractivity contribution in [2.45, 2.75) is 57.3 Å². The highest BCUT2D eigenvalue weighted by Crippen LogP contribution is 2.41. The van der Waals surface area contributed by atoms with E-state index in [1.54, 1.807) is 6.07 Å². The molecule has 0 spiro atoms. The van der Waals surface area contributed by atoms with E-state index < -0.39 is 11.7 Å². The molecule has 25 heavy (non-hydrogen) atoms. The summed E-state index contributed by atoms with van der Waals surface area (Å²) in [6.45, 7) is 2.32. The molecule has 0 heterocycles. The van der Waals surface area contributed by atoms with Gasteiger partial charge >= 0.3 is 6.18 Å². The second-order valence-corrected chi connectivity index (χ2v) is 7.31. The van der Waals surface area contributed by atoms with Crippen LogP contribution >= 0.6 is 0 Å². The lowest BCUT2D eigenvalue weighted by Crippen LogP contribution is -2.42. The zero-order valence-corrected chi connectivity index (χ0v) is 14.4. The molecule has 2 saturated carbocycles. The molecule has 2 fully saturated rings. The smallest absolute Gasteiger partial charge is 0.333 e. The van der Waals surface area contributed by atoms with Crippen molar-refractivity contribution >= 4 is 5.91 Å². The third-order valence-electron chi connectivity index (χ3n) is 5.59. The van der Waals surface area contributed by atoms with E-state index in [-0.39, 0.29) is 29.8 Å². The van der Waals surface area contributed by atoms with Crippen LogP contribution in [0.2, 0.25) is 0 Å². The van der Waals surface area contributed by atoms with Crippen LogP contribution in [0.3, 0.4) is 0 Å². The number of nitrogens with two attached hydrogens (primary N) is 1.